The van der Waals surface area contributed by atoms with E-state index in [1.54, 1.807) is 18.3 Å². The van der Waals surface area contributed by atoms with Crippen molar-refractivity contribution in [1.29, 1.82) is 0 Å². The van der Waals surface area contributed by atoms with E-state index in [0.29, 0.717) is 29.9 Å². The predicted octanol–water partition coefficient (Wildman–Crippen LogP) is 2.98. The van der Waals surface area contributed by atoms with E-state index in [1.165, 1.54) is 18.9 Å². The lowest BCUT2D eigenvalue weighted by atomic mass is 10.2. The standard InChI is InChI=1S/C15H18FN5/c16-13-8-4-1-5-11(13)9-17-14-10-18-21-15(20-14)19-12-6-2-3-7-12/h1,4-5,8,10,12H,2-3,6-7,9H2,(H2,17,19,20,21). The molecule has 1 aromatic heterocycles. The second kappa shape index (κ2) is 6.47. The highest BCUT2D eigenvalue weighted by Gasteiger charge is 2.15. The van der Waals surface area contributed by atoms with Crippen LogP contribution in [0.25, 0.3) is 0 Å². The Hall–Kier alpha value is -2.24. The molecule has 1 saturated carbocycles. The number of rotatable bonds is 5. The molecule has 5 nitrogen and oxygen atoms in total. The Bertz CT molecular complexity index is 598. The molecule has 0 amide bonds. The summed E-state index contributed by atoms with van der Waals surface area (Å²) in [7, 11) is 0. The minimum atomic E-state index is -0.226. The molecule has 1 fully saturated rings. The number of benzene rings is 1. The van der Waals surface area contributed by atoms with Crippen LogP contribution in [0.5, 0.6) is 0 Å². The fraction of sp³-hybridized carbons (Fsp3) is 0.400. The van der Waals surface area contributed by atoms with Crippen LogP contribution in [0.2, 0.25) is 0 Å². The first-order valence-electron chi connectivity index (χ1n) is 7.25. The van der Waals surface area contributed by atoms with Gasteiger partial charge in [0.1, 0.15) is 5.82 Å². The van der Waals surface area contributed by atoms with Gasteiger partial charge in [0.2, 0.25) is 5.95 Å². The number of hydrogen-bond acceptors (Lipinski definition) is 5. The molecular weight excluding hydrogens is 269 g/mol. The summed E-state index contributed by atoms with van der Waals surface area (Å²) in [6, 6.07) is 7.12. The zero-order valence-corrected chi connectivity index (χ0v) is 11.7. The normalized spacial score (nSPS) is 15.1. The van der Waals surface area contributed by atoms with E-state index in [9.17, 15) is 4.39 Å². The number of nitrogens with zero attached hydrogens (tertiary/aromatic N) is 3. The van der Waals surface area contributed by atoms with Crippen LogP contribution >= 0.6 is 0 Å². The minimum absolute atomic E-state index is 0.226. The number of halogens is 1. The van der Waals surface area contributed by atoms with Crippen LogP contribution in [0.3, 0.4) is 0 Å². The van der Waals surface area contributed by atoms with Crippen LogP contribution in [0.1, 0.15) is 31.2 Å². The van der Waals surface area contributed by atoms with Crippen LogP contribution in [0, 0.1) is 5.82 Å². The van der Waals surface area contributed by atoms with Gasteiger partial charge in [-0.3, -0.25) is 0 Å². The Kier molecular flexibility index (Phi) is 4.23. The summed E-state index contributed by atoms with van der Waals surface area (Å²) < 4.78 is 13.5. The monoisotopic (exact) mass is 287 g/mol. The van der Waals surface area contributed by atoms with Crippen LogP contribution in [0.4, 0.5) is 16.2 Å². The maximum Gasteiger partial charge on any atom is 0.244 e. The van der Waals surface area contributed by atoms with Crippen molar-refractivity contribution in [3.05, 3.63) is 41.8 Å². The maximum absolute atomic E-state index is 13.5. The van der Waals surface area contributed by atoms with E-state index in [0.717, 1.165) is 12.8 Å². The molecule has 0 aliphatic heterocycles. The van der Waals surface area contributed by atoms with Gasteiger partial charge in [0, 0.05) is 18.2 Å². The summed E-state index contributed by atoms with van der Waals surface area (Å²) in [6.07, 6.45) is 6.33. The molecule has 6 heteroatoms. The number of anilines is 2. The van der Waals surface area contributed by atoms with E-state index < -0.39 is 0 Å². The summed E-state index contributed by atoms with van der Waals surface area (Å²) in [5.41, 5.74) is 0.599. The Balaban J connectivity index is 1.61. The lowest BCUT2D eigenvalue weighted by Crippen LogP contribution is -2.17. The Morgan fingerprint density at radius 1 is 1.19 bits per heavy atom. The molecule has 0 spiro atoms. The molecule has 1 aromatic carbocycles. The highest BCUT2D eigenvalue weighted by atomic mass is 19.1. The van der Waals surface area contributed by atoms with Gasteiger partial charge >= 0.3 is 0 Å². The largest absolute Gasteiger partial charge is 0.364 e. The molecule has 1 aliphatic carbocycles. The number of aromatic nitrogens is 3. The topological polar surface area (TPSA) is 62.7 Å². The van der Waals surface area contributed by atoms with Gasteiger partial charge in [0.15, 0.2) is 5.82 Å². The van der Waals surface area contributed by atoms with Gasteiger partial charge in [-0.15, -0.1) is 5.10 Å². The Labute approximate surface area is 123 Å². The maximum atomic E-state index is 13.5. The summed E-state index contributed by atoms with van der Waals surface area (Å²) >= 11 is 0. The summed E-state index contributed by atoms with van der Waals surface area (Å²) in [5, 5.41) is 14.3. The molecule has 0 unspecified atom stereocenters. The van der Waals surface area contributed by atoms with Gasteiger partial charge in [-0.25, -0.2) is 4.39 Å². The summed E-state index contributed by atoms with van der Waals surface area (Å²) in [4.78, 5) is 4.36. The summed E-state index contributed by atoms with van der Waals surface area (Å²) in [5.74, 6) is 0.894. The van der Waals surface area contributed by atoms with E-state index in [2.05, 4.69) is 25.8 Å². The zero-order chi connectivity index (χ0) is 14.5. The van der Waals surface area contributed by atoms with Gasteiger partial charge in [-0.1, -0.05) is 31.0 Å². The molecule has 0 radical (unpaired) electrons. The highest BCUT2D eigenvalue weighted by Crippen LogP contribution is 2.20. The van der Waals surface area contributed by atoms with E-state index >= 15 is 0 Å². The van der Waals surface area contributed by atoms with Crippen LogP contribution in [-0.2, 0) is 6.54 Å². The van der Waals surface area contributed by atoms with Crippen molar-refractivity contribution in [2.75, 3.05) is 10.6 Å². The second-order valence-corrected chi connectivity index (χ2v) is 5.24. The van der Waals surface area contributed by atoms with Crippen molar-refractivity contribution in [3.8, 4) is 0 Å². The smallest absolute Gasteiger partial charge is 0.244 e. The molecule has 110 valence electrons. The second-order valence-electron chi connectivity index (χ2n) is 5.24. The minimum Gasteiger partial charge on any atom is -0.364 e. The molecule has 21 heavy (non-hydrogen) atoms. The number of hydrogen-bond donors (Lipinski definition) is 2. The fourth-order valence-corrected chi connectivity index (χ4v) is 2.53. The van der Waals surface area contributed by atoms with Crippen molar-refractivity contribution in [2.45, 2.75) is 38.3 Å². The molecule has 3 rings (SSSR count). The van der Waals surface area contributed by atoms with E-state index in [4.69, 9.17) is 0 Å². The van der Waals surface area contributed by atoms with Gasteiger partial charge in [0.05, 0.1) is 6.20 Å². The van der Waals surface area contributed by atoms with Crippen molar-refractivity contribution >= 4 is 11.8 Å². The molecular formula is C15H18FN5. The third-order valence-electron chi connectivity index (χ3n) is 3.67. The molecule has 1 aliphatic rings. The fourth-order valence-electron chi connectivity index (χ4n) is 2.53. The van der Waals surface area contributed by atoms with Gasteiger partial charge in [-0.2, -0.15) is 10.1 Å². The van der Waals surface area contributed by atoms with Crippen LogP contribution in [-0.4, -0.2) is 21.2 Å². The third-order valence-corrected chi connectivity index (χ3v) is 3.67. The average Bonchev–Trinajstić information content (AvgIpc) is 3.00. The Morgan fingerprint density at radius 2 is 2.00 bits per heavy atom. The molecule has 1 heterocycles. The first kappa shape index (κ1) is 13.7. The average molecular weight is 287 g/mol. The quantitative estimate of drug-likeness (QED) is 0.885. The van der Waals surface area contributed by atoms with Crippen molar-refractivity contribution < 1.29 is 4.39 Å². The third kappa shape index (κ3) is 3.65. The van der Waals surface area contributed by atoms with Gasteiger partial charge < -0.3 is 10.6 Å². The Morgan fingerprint density at radius 3 is 2.81 bits per heavy atom. The molecule has 2 aromatic rings. The summed E-state index contributed by atoms with van der Waals surface area (Å²) in [6.45, 7) is 0.369. The van der Waals surface area contributed by atoms with Crippen LogP contribution in [0.15, 0.2) is 30.5 Å². The molecule has 0 bridgehead atoms. The molecule has 0 saturated heterocycles. The van der Waals surface area contributed by atoms with Gasteiger partial charge in [-0.05, 0) is 18.9 Å². The SMILES string of the molecule is Fc1ccccc1CNc1cnnc(NC2CCCC2)n1. The molecule has 0 atom stereocenters. The van der Waals surface area contributed by atoms with E-state index in [1.807, 2.05) is 6.07 Å². The van der Waals surface area contributed by atoms with Crippen LogP contribution < -0.4 is 10.6 Å². The van der Waals surface area contributed by atoms with Crippen molar-refractivity contribution in [2.24, 2.45) is 0 Å². The molecule has 2 N–H and O–H groups in total. The first-order valence-corrected chi connectivity index (χ1v) is 7.25. The highest BCUT2D eigenvalue weighted by molar-refractivity contribution is 5.38. The van der Waals surface area contributed by atoms with E-state index in [-0.39, 0.29) is 5.82 Å². The lowest BCUT2D eigenvalue weighted by molar-refractivity contribution is 0.613. The van der Waals surface area contributed by atoms with Crippen molar-refractivity contribution in [3.63, 3.8) is 0 Å². The first-order chi connectivity index (χ1) is 10.3. The zero-order valence-electron chi connectivity index (χ0n) is 11.7. The lowest BCUT2D eigenvalue weighted by Gasteiger charge is -2.12. The predicted molar refractivity (Wildman–Crippen MR) is 79.4 cm³/mol. The van der Waals surface area contributed by atoms with Crippen molar-refractivity contribution in [1.82, 2.24) is 15.2 Å². The number of nitrogens with one attached hydrogen (secondary N) is 2. The van der Waals surface area contributed by atoms with Gasteiger partial charge in [0.25, 0.3) is 0 Å².